The second-order valence-corrected chi connectivity index (χ2v) is 7.83. The van der Waals surface area contributed by atoms with Gasteiger partial charge in [0.25, 0.3) is 0 Å². The summed E-state index contributed by atoms with van der Waals surface area (Å²) in [5, 5.41) is 12.8. The molecule has 5 aromatic rings. The van der Waals surface area contributed by atoms with Crippen molar-refractivity contribution >= 4 is 21.9 Å². The normalized spacial score (nSPS) is 11.5. The Balaban J connectivity index is 1.49. The van der Waals surface area contributed by atoms with Crippen molar-refractivity contribution in [3.8, 4) is 5.75 Å². The van der Waals surface area contributed by atoms with E-state index in [1.165, 1.54) is 16.0 Å². The van der Waals surface area contributed by atoms with Crippen molar-refractivity contribution in [2.24, 2.45) is 0 Å². The van der Waals surface area contributed by atoms with Gasteiger partial charge in [0, 0.05) is 21.9 Å². The summed E-state index contributed by atoms with van der Waals surface area (Å²) in [5.41, 5.74) is 5.15. The van der Waals surface area contributed by atoms with Crippen molar-refractivity contribution in [3.05, 3.63) is 114 Å². The number of rotatable bonds is 6. The molecule has 5 rings (SSSR count). The number of furan rings is 1. The number of fused-ring (bicyclic) bond motifs is 3. The summed E-state index contributed by atoms with van der Waals surface area (Å²) in [6, 6.07) is 32.8. The quantitative estimate of drug-likeness (QED) is 0.422. The van der Waals surface area contributed by atoms with E-state index in [0.29, 0.717) is 12.3 Å². The Morgan fingerprint density at radius 1 is 0.600 bits per heavy atom. The van der Waals surface area contributed by atoms with E-state index >= 15 is 0 Å². The zero-order valence-corrected chi connectivity index (χ0v) is 16.7. The number of aromatic hydroxyl groups is 1. The Morgan fingerprint density at radius 3 is 1.87 bits per heavy atom. The minimum Gasteiger partial charge on any atom is -0.507 e. The van der Waals surface area contributed by atoms with Crippen LogP contribution in [0.5, 0.6) is 5.75 Å². The summed E-state index contributed by atoms with van der Waals surface area (Å²) < 4.78 is 6.05. The third kappa shape index (κ3) is 3.80. The lowest BCUT2D eigenvalue weighted by Gasteiger charge is -2.20. The molecule has 0 spiro atoms. The molecule has 1 heterocycles. The van der Waals surface area contributed by atoms with Gasteiger partial charge in [-0.1, -0.05) is 78.9 Å². The molecule has 0 unspecified atom stereocenters. The summed E-state index contributed by atoms with van der Waals surface area (Å²) in [6.45, 7) is 2.48. The molecule has 0 aliphatic rings. The van der Waals surface area contributed by atoms with Crippen LogP contribution < -0.4 is 4.90 Å². The molecule has 148 valence electrons. The smallest absolute Gasteiger partial charge is 0.136 e. The molecule has 3 nitrogen and oxygen atoms in total. The first-order valence-electron chi connectivity index (χ1n) is 10.3. The van der Waals surface area contributed by atoms with Crippen molar-refractivity contribution in [3.63, 3.8) is 0 Å². The van der Waals surface area contributed by atoms with Gasteiger partial charge < -0.3 is 14.4 Å². The van der Waals surface area contributed by atoms with Gasteiger partial charge in [0.05, 0.1) is 5.56 Å². The number of nitrogens with one attached hydrogen (secondary N) is 1. The van der Waals surface area contributed by atoms with E-state index in [1.54, 1.807) is 0 Å². The SMILES string of the molecule is Oc1cc2c(cc1C[NH+](Cc1ccccc1)Cc1ccccc1)oc1ccccc12. The molecule has 0 saturated heterocycles. The third-order valence-corrected chi connectivity index (χ3v) is 5.61. The lowest BCUT2D eigenvalue weighted by molar-refractivity contribution is -0.941. The number of hydrogen-bond acceptors (Lipinski definition) is 2. The lowest BCUT2D eigenvalue weighted by atomic mass is 10.1. The van der Waals surface area contributed by atoms with Crippen molar-refractivity contribution in [1.82, 2.24) is 0 Å². The van der Waals surface area contributed by atoms with Crippen LogP contribution in [0.2, 0.25) is 0 Å². The molecule has 0 aliphatic heterocycles. The van der Waals surface area contributed by atoms with Crippen LogP contribution in [0.4, 0.5) is 0 Å². The number of phenolic OH excluding ortho intramolecular Hbond substituents is 1. The first kappa shape index (κ1) is 18.5. The summed E-state index contributed by atoms with van der Waals surface area (Å²) in [6.07, 6.45) is 0. The van der Waals surface area contributed by atoms with E-state index < -0.39 is 0 Å². The molecule has 3 heteroatoms. The number of quaternary nitrogens is 1. The van der Waals surface area contributed by atoms with Crippen LogP contribution in [0.25, 0.3) is 21.9 Å². The fourth-order valence-corrected chi connectivity index (χ4v) is 4.17. The van der Waals surface area contributed by atoms with E-state index in [4.69, 9.17) is 4.42 Å². The van der Waals surface area contributed by atoms with Crippen LogP contribution in [-0.4, -0.2) is 5.11 Å². The fourth-order valence-electron chi connectivity index (χ4n) is 4.17. The maximum Gasteiger partial charge on any atom is 0.136 e. The van der Waals surface area contributed by atoms with Gasteiger partial charge >= 0.3 is 0 Å². The molecule has 0 aliphatic carbocycles. The van der Waals surface area contributed by atoms with Crippen LogP contribution in [0, 0.1) is 0 Å². The van der Waals surface area contributed by atoms with Gasteiger partial charge in [-0.05, 0) is 18.2 Å². The predicted octanol–water partition coefficient (Wildman–Crippen LogP) is 5.08. The molecule has 0 fully saturated rings. The summed E-state index contributed by atoms with van der Waals surface area (Å²) >= 11 is 0. The van der Waals surface area contributed by atoms with Gasteiger partial charge in [0.2, 0.25) is 0 Å². The van der Waals surface area contributed by atoms with Gasteiger partial charge in [-0.15, -0.1) is 0 Å². The Labute approximate surface area is 175 Å². The molecule has 4 aromatic carbocycles. The fraction of sp³-hybridized carbons (Fsp3) is 0.111. The maximum absolute atomic E-state index is 10.8. The highest BCUT2D eigenvalue weighted by Gasteiger charge is 2.17. The van der Waals surface area contributed by atoms with Crippen LogP contribution >= 0.6 is 0 Å². The Hall–Kier alpha value is -3.56. The molecule has 0 bridgehead atoms. The molecule has 30 heavy (non-hydrogen) atoms. The van der Waals surface area contributed by atoms with Gasteiger partial charge in [0.1, 0.15) is 36.5 Å². The highest BCUT2D eigenvalue weighted by Crippen LogP contribution is 2.33. The number of benzene rings is 4. The van der Waals surface area contributed by atoms with Gasteiger partial charge in [-0.3, -0.25) is 0 Å². The van der Waals surface area contributed by atoms with E-state index in [2.05, 4.69) is 48.5 Å². The first-order valence-corrected chi connectivity index (χ1v) is 10.3. The zero-order valence-electron chi connectivity index (χ0n) is 16.7. The summed E-state index contributed by atoms with van der Waals surface area (Å²) in [7, 11) is 0. The van der Waals surface area contributed by atoms with E-state index in [-0.39, 0.29) is 0 Å². The van der Waals surface area contributed by atoms with Gasteiger partial charge in [0.15, 0.2) is 0 Å². The molecular formula is C27H24NO2+. The second-order valence-electron chi connectivity index (χ2n) is 7.83. The molecular weight excluding hydrogens is 370 g/mol. The van der Waals surface area contributed by atoms with Crippen molar-refractivity contribution < 1.29 is 14.4 Å². The average Bonchev–Trinajstić information content (AvgIpc) is 3.13. The zero-order chi connectivity index (χ0) is 20.3. The number of phenols is 1. The minimum absolute atomic E-state index is 0.327. The van der Waals surface area contributed by atoms with Crippen LogP contribution in [0.1, 0.15) is 16.7 Å². The highest BCUT2D eigenvalue weighted by molar-refractivity contribution is 6.05. The molecule has 1 aromatic heterocycles. The Bertz CT molecular complexity index is 1230. The largest absolute Gasteiger partial charge is 0.507 e. The molecule has 0 saturated carbocycles. The molecule has 2 N–H and O–H groups in total. The standard InChI is InChI=1S/C27H23NO2/c29-25-16-24-23-13-7-8-14-26(23)30-27(24)15-22(25)19-28(17-20-9-3-1-4-10-20)18-21-11-5-2-6-12-21/h1-16,29H,17-19H2/p+1. The van der Waals surface area contributed by atoms with Crippen molar-refractivity contribution in [2.45, 2.75) is 19.6 Å². The second kappa shape index (κ2) is 8.05. The van der Waals surface area contributed by atoms with Gasteiger partial charge in [-0.25, -0.2) is 0 Å². The van der Waals surface area contributed by atoms with Crippen molar-refractivity contribution in [2.75, 3.05) is 0 Å². The topological polar surface area (TPSA) is 37.8 Å². The monoisotopic (exact) mass is 394 g/mol. The minimum atomic E-state index is 0.327. The maximum atomic E-state index is 10.8. The average molecular weight is 394 g/mol. The van der Waals surface area contributed by atoms with E-state index in [0.717, 1.165) is 40.6 Å². The molecule has 0 atom stereocenters. The summed E-state index contributed by atoms with van der Waals surface area (Å²) in [4.78, 5) is 1.36. The summed E-state index contributed by atoms with van der Waals surface area (Å²) in [5.74, 6) is 0.327. The number of para-hydroxylation sites is 1. The molecule has 0 radical (unpaired) electrons. The number of hydrogen-bond donors (Lipinski definition) is 2. The Kier molecular flexibility index (Phi) is 4.96. The van der Waals surface area contributed by atoms with Crippen LogP contribution in [0.15, 0.2) is 101 Å². The van der Waals surface area contributed by atoms with Gasteiger partial charge in [-0.2, -0.15) is 0 Å². The van der Waals surface area contributed by atoms with E-state index in [9.17, 15) is 5.11 Å². The van der Waals surface area contributed by atoms with E-state index in [1.807, 2.05) is 48.5 Å². The highest BCUT2D eigenvalue weighted by atomic mass is 16.3. The Morgan fingerprint density at radius 2 is 1.20 bits per heavy atom. The van der Waals surface area contributed by atoms with Crippen molar-refractivity contribution in [1.29, 1.82) is 0 Å². The third-order valence-electron chi connectivity index (χ3n) is 5.61. The molecule has 0 amide bonds. The predicted molar refractivity (Wildman–Crippen MR) is 120 cm³/mol. The van der Waals surface area contributed by atoms with Crippen LogP contribution in [-0.2, 0) is 19.6 Å². The first-order chi connectivity index (χ1) is 14.8. The lowest BCUT2D eigenvalue weighted by Crippen LogP contribution is -3.08. The van der Waals surface area contributed by atoms with Crippen LogP contribution in [0.3, 0.4) is 0 Å².